The number of carbonyl (C=O) groups excluding carboxylic acids is 2. The van der Waals surface area contributed by atoms with Gasteiger partial charge in [-0.2, -0.15) is 0 Å². The Morgan fingerprint density at radius 1 is 0.643 bits per heavy atom. The number of rotatable bonds is 16. The Labute approximate surface area is 405 Å². The summed E-state index contributed by atoms with van der Waals surface area (Å²) in [6, 6.07) is 38.6. The highest BCUT2D eigenvalue weighted by atomic mass is 16.7. The summed E-state index contributed by atoms with van der Waals surface area (Å²) in [4.78, 5) is 48.4. The fourth-order valence-electron chi connectivity index (χ4n) is 8.33. The maximum atomic E-state index is 12.7. The molecule has 0 saturated carbocycles. The number of aliphatic hydroxyl groups is 1. The Kier molecular flexibility index (Phi) is 17.3. The predicted molar refractivity (Wildman–Crippen MR) is 256 cm³/mol. The van der Waals surface area contributed by atoms with Crippen molar-refractivity contribution in [2.24, 2.45) is 0 Å². The number of carbonyl (C=O) groups is 2. The highest BCUT2D eigenvalue weighted by Crippen LogP contribution is 2.40. The second-order valence-corrected chi connectivity index (χ2v) is 16.2. The third-order valence-corrected chi connectivity index (χ3v) is 11.8. The van der Waals surface area contributed by atoms with Gasteiger partial charge in [0.05, 0.1) is 39.8 Å². The maximum absolute atomic E-state index is 12.7. The number of hydrogen-bond donors (Lipinski definition) is 1. The molecule has 19 heteroatoms. The predicted octanol–water partition coefficient (Wildman–Crippen LogP) is 8.58. The molecule has 6 aromatic carbocycles. The summed E-state index contributed by atoms with van der Waals surface area (Å²) < 4.78 is 43.6. The summed E-state index contributed by atoms with van der Waals surface area (Å²) in [5.41, 5.74) is 3.29. The molecule has 8 unspecified atom stereocenters. The molecular weight excluding hydrogens is 902 g/mol. The fraction of sp³-hybridized carbons (Fsp3) is 0.294. The third-order valence-electron chi connectivity index (χ3n) is 11.8. The molecule has 17 nitrogen and oxygen atoms in total. The van der Waals surface area contributed by atoms with Crippen LogP contribution in [-0.4, -0.2) is 107 Å². The average molecular weight is 951 g/mol. The van der Waals surface area contributed by atoms with E-state index >= 15 is 0 Å². The summed E-state index contributed by atoms with van der Waals surface area (Å²) >= 11 is 0. The van der Waals surface area contributed by atoms with E-state index in [-0.39, 0.29) is 54.5 Å². The molecule has 2 aliphatic heterocycles. The lowest BCUT2D eigenvalue weighted by atomic mass is 9.94. The van der Waals surface area contributed by atoms with Crippen molar-refractivity contribution in [3.05, 3.63) is 188 Å². The molecule has 70 heavy (non-hydrogen) atoms. The number of methoxy groups -OCH3 is 2. The molecule has 2 saturated heterocycles. The topological polar surface area (TPSA) is 214 Å². The Morgan fingerprint density at radius 3 is 1.67 bits per heavy atom. The smallest absolute Gasteiger partial charge is 0.431 e. The largest absolute Gasteiger partial charge is 0.509 e. The summed E-state index contributed by atoms with van der Waals surface area (Å²) in [6.45, 7) is -0.362. The molecule has 6 aromatic rings. The van der Waals surface area contributed by atoms with E-state index < -0.39 is 58.6 Å². The molecule has 1 N–H and O–H groups in total. The van der Waals surface area contributed by atoms with Crippen molar-refractivity contribution in [1.82, 2.24) is 0 Å². The lowest BCUT2D eigenvalue weighted by Gasteiger charge is -2.21. The van der Waals surface area contributed by atoms with Gasteiger partial charge < -0.3 is 43.0 Å². The minimum Gasteiger partial charge on any atom is -0.431 e. The van der Waals surface area contributed by atoms with E-state index in [1.165, 1.54) is 26.4 Å². The number of hydrogen-bond acceptors (Lipinski definition) is 15. The summed E-state index contributed by atoms with van der Waals surface area (Å²) in [5, 5.41) is 34.6. The van der Waals surface area contributed by atoms with Crippen LogP contribution in [0.15, 0.2) is 140 Å². The van der Waals surface area contributed by atoms with Crippen molar-refractivity contribution in [3.63, 3.8) is 0 Å². The van der Waals surface area contributed by atoms with Gasteiger partial charge in [-0.05, 0) is 63.6 Å². The molecule has 0 spiro atoms. The van der Waals surface area contributed by atoms with Gasteiger partial charge in [0, 0.05) is 38.4 Å². The summed E-state index contributed by atoms with van der Waals surface area (Å²) in [6.07, 6.45) is -4.91. The lowest BCUT2D eigenvalue weighted by molar-refractivity contribution is -0.386. The monoisotopic (exact) mass is 950 g/mol. The zero-order valence-corrected chi connectivity index (χ0v) is 38.1. The minimum absolute atomic E-state index is 0.0998. The van der Waals surface area contributed by atoms with Crippen LogP contribution in [0, 0.1) is 20.2 Å². The molecule has 2 aliphatic rings. The van der Waals surface area contributed by atoms with Gasteiger partial charge in [0.25, 0.3) is 11.4 Å². The molecule has 8 rings (SSSR count). The molecule has 2 fully saturated rings. The van der Waals surface area contributed by atoms with Gasteiger partial charge in [-0.3, -0.25) is 20.2 Å². The van der Waals surface area contributed by atoms with Crippen molar-refractivity contribution in [2.45, 2.75) is 68.1 Å². The quantitative estimate of drug-likeness (QED) is 0.0416. The van der Waals surface area contributed by atoms with Gasteiger partial charge in [0.2, 0.25) is 0 Å². The van der Waals surface area contributed by atoms with Crippen LogP contribution in [0.2, 0.25) is 0 Å². The molecule has 8 atom stereocenters. The number of nitro benzene ring substituents is 2. The number of nitro groups is 2. The van der Waals surface area contributed by atoms with Crippen molar-refractivity contribution < 1.29 is 62.4 Å². The van der Waals surface area contributed by atoms with Gasteiger partial charge in [0.15, 0.2) is 12.2 Å². The van der Waals surface area contributed by atoms with E-state index in [0.29, 0.717) is 34.9 Å². The van der Waals surface area contributed by atoms with E-state index in [0.717, 1.165) is 16.5 Å². The van der Waals surface area contributed by atoms with E-state index in [2.05, 4.69) is 0 Å². The number of aliphatic hydroxyl groups excluding tert-OH is 1. The Bertz CT molecular complexity index is 2730. The van der Waals surface area contributed by atoms with Crippen LogP contribution in [0.1, 0.15) is 52.9 Å². The van der Waals surface area contributed by atoms with Crippen molar-refractivity contribution >= 4 is 50.2 Å². The first kappa shape index (κ1) is 50.7. The Hall–Kier alpha value is -7.15. The summed E-state index contributed by atoms with van der Waals surface area (Å²) in [5.74, 6) is 0. The number of nitrogens with zero attached hydrogens (tertiary/aromatic N) is 2. The molecule has 4 radical (unpaired) electrons. The van der Waals surface area contributed by atoms with Crippen LogP contribution in [0.5, 0.6) is 0 Å². The lowest BCUT2D eigenvalue weighted by Crippen LogP contribution is -2.30. The van der Waals surface area contributed by atoms with E-state index in [1.54, 1.807) is 109 Å². The highest BCUT2D eigenvalue weighted by Gasteiger charge is 2.37. The first-order valence-corrected chi connectivity index (χ1v) is 22.2. The average Bonchev–Trinajstić information content (AvgIpc) is 3.95. The van der Waals surface area contributed by atoms with Crippen molar-refractivity contribution in [2.75, 3.05) is 27.4 Å². The molecule has 358 valence electrons. The molecular formula is C51H48B2N2O15. The standard InChI is InChI=1S/C27H26BNO8.C24H22BNO7/c1-34-23-14-25(28)36-24(23)16-35-27(31)37-26(19-5-3-2-4-6-19)21-12-11-20(13-22(21)29(32)33)18-9-7-17(15-30)8-10-18;1-30-19-13-21(25)32-20(19)14-31-24(27)33-23(16-8-3-2-4-9-16)22-17-10-6-5-7-15(17)11-12-18(22)26(28)29/h2-13,23-26,30H,14-16H2,1H3;2-12,19-21,23H,13-14H2,1H3. The molecule has 0 aliphatic carbocycles. The number of fused-ring (bicyclic) bond motifs is 1. The molecule has 2 heterocycles. The van der Waals surface area contributed by atoms with Crippen LogP contribution >= 0.6 is 0 Å². The van der Waals surface area contributed by atoms with Crippen LogP contribution in [0.3, 0.4) is 0 Å². The SMILES string of the molecule is [B]C1CC(OC)C(COC(=O)OC(c2ccccc2)c2c([N+](=O)[O-])ccc3ccccc23)O1.[B]C1CC(OC)C(COC(=O)OC(c2ccccc2)c2ccc(-c3ccc(CO)cc3)cc2[N+](=O)[O-])O1. The Balaban J connectivity index is 0.000000208. The van der Waals surface area contributed by atoms with Crippen LogP contribution in [-0.2, 0) is 44.5 Å². The number of benzene rings is 6. The third kappa shape index (κ3) is 12.5. The molecule has 0 amide bonds. The van der Waals surface area contributed by atoms with Gasteiger partial charge in [-0.25, -0.2) is 9.59 Å². The maximum Gasteiger partial charge on any atom is 0.509 e. The first-order valence-electron chi connectivity index (χ1n) is 22.2. The molecule has 0 bridgehead atoms. The Morgan fingerprint density at radius 2 is 1.14 bits per heavy atom. The second-order valence-electron chi connectivity index (χ2n) is 16.2. The van der Waals surface area contributed by atoms with E-state index in [1.807, 2.05) is 18.2 Å². The van der Waals surface area contributed by atoms with Gasteiger partial charge in [0.1, 0.15) is 41.1 Å². The minimum atomic E-state index is -1.09. The van der Waals surface area contributed by atoms with Crippen molar-refractivity contribution in [3.8, 4) is 11.1 Å². The van der Waals surface area contributed by atoms with E-state index in [9.17, 15) is 34.9 Å². The van der Waals surface area contributed by atoms with Gasteiger partial charge >= 0.3 is 12.3 Å². The molecule has 0 aromatic heterocycles. The van der Waals surface area contributed by atoms with Crippen molar-refractivity contribution in [1.29, 1.82) is 0 Å². The first-order chi connectivity index (χ1) is 33.9. The van der Waals surface area contributed by atoms with Crippen LogP contribution in [0.4, 0.5) is 21.0 Å². The van der Waals surface area contributed by atoms with Gasteiger partial charge in [-0.1, -0.05) is 115 Å². The van der Waals surface area contributed by atoms with Crippen LogP contribution in [0.25, 0.3) is 21.9 Å². The summed E-state index contributed by atoms with van der Waals surface area (Å²) in [7, 11) is 14.6. The van der Waals surface area contributed by atoms with Crippen LogP contribution < -0.4 is 0 Å². The zero-order valence-electron chi connectivity index (χ0n) is 38.1. The number of ether oxygens (including phenoxy) is 8. The zero-order chi connectivity index (χ0) is 49.7. The van der Waals surface area contributed by atoms with Gasteiger partial charge in [-0.15, -0.1) is 0 Å². The second kappa shape index (κ2) is 23.9. The highest BCUT2D eigenvalue weighted by molar-refractivity contribution is 6.11. The fourth-order valence-corrected chi connectivity index (χ4v) is 8.33. The normalized spacial score (nSPS) is 20.3. The van der Waals surface area contributed by atoms with E-state index in [4.69, 9.17) is 53.6 Å².